The van der Waals surface area contributed by atoms with Crippen molar-refractivity contribution in [3.05, 3.63) is 71.8 Å². The summed E-state index contributed by atoms with van der Waals surface area (Å²) in [5.74, 6) is 0.172. The van der Waals surface area contributed by atoms with Gasteiger partial charge in [0.15, 0.2) is 9.84 Å². The molecule has 0 aliphatic carbocycles. The van der Waals surface area contributed by atoms with Crippen LogP contribution in [0.15, 0.2) is 71.1 Å². The molecule has 2 aromatic rings. The highest BCUT2D eigenvalue weighted by Gasteiger charge is 2.12. The molecule has 2 aromatic carbocycles. The molecule has 0 unspecified atom stereocenters. The van der Waals surface area contributed by atoms with Gasteiger partial charge in [0.2, 0.25) is 0 Å². The van der Waals surface area contributed by atoms with Gasteiger partial charge in [-0.25, -0.2) is 8.42 Å². The van der Waals surface area contributed by atoms with Crippen LogP contribution in [0.1, 0.15) is 18.9 Å². The average molecular weight is 329 g/mol. The molecule has 0 aliphatic heterocycles. The van der Waals surface area contributed by atoms with Crippen molar-refractivity contribution in [3.8, 4) is 0 Å². The number of hydrogen-bond acceptors (Lipinski definition) is 3. The molecule has 1 N–H and O–H groups in total. The zero-order valence-electron chi connectivity index (χ0n) is 13.4. The molecule has 0 radical (unpaired) electrons. The van der Waals surface area contributed by atoms with Gasteiger partial charge in [-0.1, -0.05) is 60.2 Å². The van der Waals surface area contributed by atoms with Gasteiger partial charge in [0.05, 0.1) is 10.6 Å². The summed E-state index contributed by atoms with van der Waals surface area (Å²) >= 11 is 0. The van der Waals surface area contributed by atoms with Gasteiger partial charge in [-0.2, -0.15) is 0 Å². The summed E-state index contributed by atoms with van der Waals surface area (Å²) in [5.41, 5.74) is 2.40. The van der Waals surface area contributed by atoms with E-state index in [1.165, 1.54) is 11.1 Å². The number of benzene rings is 2. The van der Waals surface area contributed by atoms with Crippen LogP contribution in [-0.4, -0.2) is 27.3 Å². The third-order valence-electron chi connectivity index (χ3n) is 3.49. The van der Waals surface area contributed by atoms with Crippen LogP contribution in [0.4, 0.5) is 0 Å². The minimum Gasteiger partial charge on any atom is -0.313 e. The fourth-order valence-corrected chi connectivity index (χ4v) is 3.64. The van der Waals surface area contributed by atoms with Gasteiger partial charge in [0.1, 0.15) is 0 Å². The lowest BCUT2D eigenvalue weighted by atomic mass is 10.1. The molecule has 0 fully saturated rings. The van der Waals surface area contributed by atoms with E-state index in [9.17, 15) is 8.42 Å². The van der Waals surface area contributed by atoms with E-state index in [4.69, 9.17) is 0 Å². The van der Waals surface area contributed by atoms with Crippen molar-refractivity contribution < 1.29 is 8.42 Å². The molecule has 23 heavy (non-hydrogen) atoms. The predicted octanol–water partition coefficient (Wildman–Crippen LogP) is 3.54. The molecule has 0 spiro atoms. The Morgan fingerprint density at radius 3 is 2.26 bits per heavy atom. The highest BCUT2D eigenvalue weighted by molar-refractivity contribution is 7.91. The molecular formula is C19H23NO2S. The first kappa shape index (κ1) is 17.4. The van der Waals surface area contributed by atoms with Crippen molar-refractivity contribution in [1.29, 1.82) is 0 Å². The maximum absolute atomic E-state index is 12.1. The number of hydrogen-bond donors (Lipinski definition) is 1. The molecule has 0 saturated carbocycles. The van der Waals surface area contributed by atoms with Crippen molar-refractivity contribution in [2.45, 2.75) is 18.2 Å². The number of sulfone groups is 1. The minimum absolute atomic E-state index is 0.172. The molecule has 0 atom stereocenters. The lowest BCUT2D eigenvalue weighted by molar-refractivity contribution is 0.590. The summed E-state index contributed by atoms with van der Waals surface area (Å²) in [4.78, 5) is 0.403. The Bertz CT molecular complexity index is 722. The largest absolute Gasteiger partial charge is 0.313 e. The van der Waals surface area contributed by atoms with E-state index in [0.717, 1.165) is 6.54 Å². The Morgan fingerprint density at radius 2 is 1.61 bits per heavy atom. The molecule has 0 saturated heterocycles. The van der Waals surface area contributed by atoms with Crippen LogP contribution in [0.3, 0.4) is 0 Å². The van der Waals surface area contributed by atoms with Gasteiger partial charge >= 0.3 is 0 Å². The van der Waals surface area contributed by atoms with E-state index in [-0.39, 0.29) is 5.75 Å². The van der Waals surface area contributed by atoms with Gasteiger partial charge in [-0.15, -0.1) is 0 Å². The van der Waals surface area contributed by atoms with Gasteiger partial charge in [0.25, 0.3) is 0 Å². The molecule has 2 rings (SSSR count). The van der Waals surface area contributed by atoms with E-state index in [1.807, 2.05) is 24.3 Å². The molecule has 0 bridgehead atoms. The summed E-state index contributed by atoms with van der Waals surface area (Å²) < 4.78 is 24.3. The van der Waals surface area contributed by atoms with Crippen LogP contribution in [0.5, 0.6) is 0 Å². The average Bonchev–Trinajstić information content (AvgIpc) is 2.56. The van der Waals surface area contributed by atoms with Crippen molar-refractivity contribution in [2.24, 2.45) is 0 Å². The van der Waals surface area contributed by atoms with Crippen molar-refractivity contribution in [2.75, 3.05) is 18.8 Å². The normalized spacial score (nSPS) is 12.3. The molecule has 0 aromatic heterocycles. The second-order valence-electron chi connectivity index (χ2n) is 5.56. The van der Waals surface area contributed by atoms with Crippen molar-refractivity contribution in [1.82, 2.24) is 5.32 Å². The van der Waals surface area contributed by atoms with Gasteiger partial charge in [0, 0.05) is 6.54 Å². The molecule has 122 valence electrons. The van der Waals surface area contributed by atoms with Crippen molar-refractivity contribution >= 4 is 15.9 Å². The summed E-state index contributed by atoms with van der Waals surface area (Å²) in [7, 11) is -3.16. The summed E-state index contributed by atoms with van der Waals surface area (Å²) in [6.07, 6.45) is 2.74. The maximum Gasteiger partial charge on any atom is 0.178 e. The van der Waals surface area contributed by atoms with Gasteiger partial charge in [-0.05, 0) is 37.6 Å². The summed E-state index contributed by atoms with van der Waals surface area (Å²) in [6, 6.07) is 18.8. The van der Waals surface area contributed by atoms with Crippen LogP contribution in [0.2, 0.25) is 0 Å². The molecule has 0 heterocycles. The number of nitrogens with one attached hydrogen (secondary N) is 1. The number of rotatable bonds is 8. The standard InChI is InChI=1S/C19H23NO2S/c1-17(15-18-9-4-2-5-10-18)16-20-13-8-14-23(21,22)19-11-6-3-7-12-19/h2-7,9-12,15,20H,8,13-14,16H2,1H3/b17-15-. The Labute approximate surface area is 139 Å². The molecule has 0 amide bonds. The molecular weight excluding hydrogens is 306 g/mol. The highest BCUT2D eigenvalue weighted by atomic mass is 32.2. The molecule has 4 heteroatoms. The monoisotopic (exact) mass is 329 g/mol. The second-order valence-corrected chi connectivity index (χ2v) is 7.67. The molecule has 3 nitrogen and oxygen atoms in total. The molecule has 0 aliphatic rings. The van der Waals surface area contributed by atoms with Crippen molar-refractivity contribution in [3.63, 3.8) is 0 Å². The first-order valence-electron chi connectivity index (χ1n) is 7.79. The van der Waals surface area contributed by atoms with Gasteiger partial charge < -0.3 is 5.32 Å². The topological polar surface area (TPSA) is 46.2 Å². The van der Waals surface area contributed by atoms with Crippen LogP contribution >= 0.6 is 0 Å². The minimum atomic E-state index is -3.16. The highest BCUT2D eigenvalue weighted by Crippen LogP contribution is 2.10. The van der Waals surface area contributed by atoms with Crippen LogP contribution in [-0.2, 0) is 9.84 Å². The Hall–Kier alpha value is -1.91. The first-order chi connectivity index (χ1) is 11.1. The smallest absolute Gasteiger partial charge is 0.178 e. The fourth-order valence-electron chi connectivity index (χ4n) is 2.30. The predicted molar refractivity (Wildman–Crippen MR) is 96.1 cm³/mol. The SMILES string of the molecule is C/C(=C/c1ccccc1)CNCCCS(=O)(=O)c1ccccc1. The van der Waals surface area contributed by atoms with Crippen LogP contribution < -0.4 is 5.32 Å². The van der Waals surface area contributed by atoms with E-state index in [0.29, 0.717) is 17.9 Å². The summed E-state index contributed by atoms with van der Waals surface area (Å²) in [6.45, 7) is 3.52. The lowest BCUT2D eigenvalue weighted by Crippen LogP contribution is -2.20. The van der Waals surface area contributed by atoms with E-state index >= 15 is 0 Å². The van der Waals surface area contributed by atoms with E-state index in [1.54, 1.807) is 24.3 Å². The Balaban J connectivity index is 1.73. The third-order valence-corrected chi connectivity index (χ3v) is 5.30. The summed E-state index contributed by atoms with van der Waals surface area (Å²) in [5, 5.41) is 3.30. The Kier molecular flexibility index (Phi) is 6.56. The fraction of sp³-hybridized carbons (Fsp3) is 0.263. The maximum atomic E-state index is 12.1. The lowest BCUT2D eigenvalue weighted by Gasteiger charge is -2.07. The Morgan fingerprint density at radius 1 is 1.00 bits per heavy atom. The second kappa shape index (κ2) is 8.65. The van der Waals surface area contributed by atoms with E-state index in [2.05, 4.69) is 30.4 Å². The zero-order chi connectivity index (χ0) is 16.5. The third kappa shape index (κ3) is 6.00. The quantitative estimate of drug-likeness (QED) is 0.754. The van der Waals surface area contributed by atoms with Crippen LogP contribution in [0, 0.1) is 0 Å². The van der Waals surface area contributed by atoms with Crippen LogP contribution in [0.25, 0.3) is 6.08 Å². The van der Waals surface area contributed by atoms with E-state index < -0.39 is 9.84 Å². The first-order valence-corrected chi connectivity index (χ1v) is 9.44. The van der Waals surface area contributed by atoms with Gasteiger partial charge in [-0.3, -0.25) is 0 Å². The zero-order valence-corrected chi connectivity index (χ0v) is 14.2.